The molecular weight excluding hydrogens is 498 g/mol. The second-order valence-corrected chi connectivity index (χ2v) is 10.9. The summed E-state index contributed by atoms with van der Waals surface area (Å²) in [5, 5.41) is 36.9. The second kappa shape index (κ2) is 9.16. The number of rotatable bonds is 5. The number of hydrogen-bond acceptors (Lipinski definition) is 8. The molecule has 204 valence electrons. The molecule has 0 bridgehead atoms. The second-order valence-electron chi connectivity index (χ2n) is 10.9. The lowest BCUT2D eigenvalue weighted by molar-refractivity contribution is 0.0876. The summed E-state index contributed by atoms with van der Waals surface area (Å²) < 4.78 is 23.6. The van der Waals surface area contributed by atoms with Gasteiger partial charge in [-0.05, 0) is 67.3 Å². The van der Waals surface area contributed by atoms with Crippen LogP contribution >= 0.6 is 0 Å². The highest BCUT2D eigenvalue weighted by Gasteiger charge is 2.39. The molecule has 2 heterocycles. The number of benzene rings is 3. The molecule has 2 aliphatic heterocycles. The van der Waals surface area contributed by atoms with E-state index in [1.54, 1.807) is 19.2 Å². The van der Waals surface area contributed by atoms with E-state index in [1.165, 1.54) is 7.11 Å². The molecule has 4 aliphatic rings. The van der Waals surface area contributed by atoms with Crippen LogP contribution in [0.15, 0.2) is 24.3 Å². The van der Waals surface area contributed by atoms with E-state index in [0.29, 0.717) is 36.0 Å². The van der Waals surface area contributed by atoms with Gasteiger partial charge >= 0.3 is 0 Å². The SMILES string of the molecule is COc1cc(C2COc3cc4c5c(c3C2O)CCc2c(OC)cc(O)c(c2-5)CN4)cc(OC2CCCC2)c1O. The molecule has 1 fully saturated rings. The topological polar surface area (TPSA) is 110 Å². The quantitative estimate of drug-likeness (QED) is 0.350. The summed E-state index contributed by atoms with van der Waals surface area (Å²) in [4.78, 5) is 0. The fourth-order valence-corrected chi connectivity index (χ4v) is 6.93. The Kier molecular flexibility index (Phi) is 5.70. The third kappa shape index (κ3) is 3.68. The first-order valence-corrected chi connectivity index (χ1v) is 13.7. The molecule has 0 saturated heterocycles. The first-order valence-electron chi connectivity index (χ1n) is 13.7. The van der Waals surface area contributed by atoms with Gasteiger partial charge in [-0.3, -0.25) is 0 Å². The molecule has 2 aliphatic carbocycles. The van der Waals surface area contributed by atoms with Crippen LogP contribution < -0.4 is 24.3 Å². The predicted molar refractivity (Wildman–Crippen MR) is 146 cm³/mol. The maximum Gasteiger partial charge on any atom is 0.200 e. The third-order valence-corrected chi connectivity index (χ3v) is 8.87. The summed E-state index contributed by atoms with van der Waals surface area (Å²) in [7, 11) is 3.14. The van der Waals surface area contributed by atoms with Gasteiger partial charge in [-0.15, -0.1) is 0 Å². The molecule has 7 rings (SSSR count). The smallest absolute Gasteiger partial charge is 0.200 e. The summed E-state index contributed by atoms with van der Waals surface area (Å²) in [6.45, 7) is 0.783. The molecule has 2 atom stereocenters. The molecule has 3 aromatic rings. The molecular formula is C31H33NO7. The summed E-state index contributed by atoms with van der Waals surface area (Å²) in [5.74, 6) is 1.85. The molecule has 0 aromatic heterocycles. The van der Waals surface area contributed by atoms with Crippen LogP contribution in [0.25, 0.3) is 11.1 Å². The molecule has 39 heavy (non-hydrogen) atoms. The minimum Gasteiger partial charge on any atom is -0.507 e. The zero-order valence-corrected chi connectivity index (χ0v) is 22.2. The molecule has 0 spiro atoms. The number of fused-ring (bicyclic) bond motifs is 2. The van der Waals surface area contributed by atoms with E-state index in [2.05, 4.69) is 5.32 Å². The molecule has 0 amide bonds. The van der Waals surface area contributed by atoms with Crippen LogP contribution in [0.2, 0.25) is 0 Å². The van der Waals surface area contributed by atoms with Gasteiger partial charge in [0, 0.05) is 52.5 Å². The number of aromatic hydroxyl groups is 2. The molecule has 1 saturated carbocycles. The number of phenols is 2. The highest BCUT2D eigenvalue weighted by molar-refractivity contribution is 5.93. The van der Waals surface area contributed by atoms with Crippen LogP contribution in [0.1, 0.15) is 65.5 Å². The lowest BCUT2D eigenvalue weighted by atomic mass is 9.74. The van der Waals surface area contributed by atoms with E-state index >= 15 is 0 Å². The van der Waals surface area contributed by atoms with Crippen molar-refractivity contribution < 1.29 is 34.3 Å². The van der Waals surface area contributed by atoms with E-state index < -0.39 is 6.10 Å². The van der Waals surface area contributed by atoms with Gasteiger partial charge in [-0.1, -0.05) is 0 Å². The Morgan fingerprint density at radius 3 is 2.38 bits per heavy atom. The number of aliphatic hydroxyl groups excluding tert-OH is 1. The Morgan fingerprint density at radius 1 is 0.872 bits per heavy atom. The largest absolute Gasteiger partial charge is 0.507 e. The van der Waals surface area contributed by atoms with Crippen LogP contribution in [0.4, 0.5) is 5.69 Å². The normalized spacial score (nSPS) is 20.9. The van der Waals surface area contributed by atoms with Crippen LogP contribution in [0.5, 0.6) is 34.5 Å². The van der Waals surface area contributed by atoms with Crippen molar-refractivity contribution in [2.75, 3.05) is 26.1 Å². The fraction of sp³-hybridized carbons (Fsp3) is 0.419. The number of methoxy groups -OCH3 is 2. The van der Waals surface area contributed by atoms with Crippen molar-refractivity contribution in [3.63, 3.8) is 0 Å². The van der Waals surface area contributed by atoms with E-state index in [0.717, 1.165) is 76.7 Å². The average Bonchev–Trinajstić information content (AvgIpc) is 3.46. The average molecular weight is 532 g/mol. The van der Waals surface area contributed by atoms with Gasteiger partial charge in [0.2, 0.25) is 5.75 Å². The molecule has 4 N–H and O–H groups in total. The highest BCUT2D eigenvalue weighted by Crippen LogP contribution is 2.55. The highest BCUT2D eigenvalue weighted by atomic mass is 16.5. The predicted octanol–water partition coefficient (Wildman–Crippen LogP) is 5.34. The van der Waals surface area contributed by atoms with Crippen molar-refractivity contribution in [1.82, 2.24) is 0 Å². The number of anilines is 1. The van der Waals surface area contributed by atoms with Crippen LogP contribution in [-0.4, -0.2) is 42.3 Å². The van der Waals surface area contributed by atoms with Gasteiger partial charge in [-0.2, -0.15) is 0 Å². The first-order chi connectivity index (χ1) is 19.0. The van der Waals surface area contributed by atoms with Gasteiger partial charge in [0.25, 0.3) is 0 Å². The number of nitrogens with one attached hydrogen (secondary N) is 1. The fourth-order valence-electron chi connectivity index (χ4n) is 6.93. The summed E-state index contributed by atoms with van der Waals surface area (Å²) in [6, 6.07) is 7.25. The maximum atomic E-state index is 11.9. The maximum absolute atomic E-state index is 11.9. The number of hydrogen-bond donors (Lipinski definition) is 4. The van der Waals surface area contributed by atoms with E-state index in [4.69, 9.17) is 18.9 Å². The van der Waals surface area contributed by atoms with Crippen LogP contribution in [0, 0.1) is 0 Å². The van der Waals surface area contributed by atoms with E-state index in [1.807, 2.05) is 12.1 Å². The van der Waals surface area contributed by atoms with E-state index in [9.17, 15) is 15.3 Å². The summed E-state index contributed by atoms with van der Waals surface area (Å²) >= 11 is 0. The van der Waals surface area contributed by atoms with E-state index in [-0.39, 0.29) is 30.1 Å². The summed E-state index contributed by atoms with van der Waals surface area (Å²) in [5.41, 5.74) is 7.46. The zero-order chi connectivity index (χ0) is 26.8. The molecule has 0 radical (unpaired) electrons. The Labute approximate surface area is 227 Å². The number of aliphatic hydroxyl groups is 1. The number of phenolic OH excluding ortho intramolecular Hbond substituents is 2. The molecule has 8 nitrogen and oxygen atoms in total. The Bertz CT molecular complexity index is 1480. The van der Waals surface area contributed by atoms with Crippen molar-refractivity contribution in [1.29, 1.82) is 0 Å². The van der Waals surface area contributed by atoms with Crippen molar-refractivity contribution in [2.45, 2.75) is 63.2 Å². The van der Waals surface area contributed by atoms with Crippen LogP contribution in [0.3, 0.4) is 0 Å². The monoisotopic (exact) mass is 531 g/mol. The van der Waals surface area contributed by atoms with Crippen molar-refractivity contribution in [3.8, 4) is 45.6 Å². The van der Waals surface area contributed by atoms with Gasteiger partial charge in [-0.25, -0.2) is 0 Å². The molecule has 3 aromatic carbocycles. The van der Waals surface area contributed by atoms with Crippen molar-refractivity contribution in [2.24, 2.45) is 0 Å². The van der Waals surface area contributed by atoms with Gasteiger partial charge in [0.1, 0.15) is 17.2 Å². The van der Waals surface area contributed by atoms with Crippen LogP contribution in [-0.2, 0) is 19.4 Å². The zero-order valence-electron chi connectivity index (χ0n) is 22.2. The standard InChI is InChI=1S/C31H33NO7/c1-36-23-12-22(33)19-13-32-21-11-24-29(18-8-7-17(23)27(19)28(18)21)30(34)20(14-38-24)15-9-25(37-2)31(35)26(10-15)39-16-5-3-4-6-16/h9-12,16,20,30,32-35H,3-8,13-14H2,1-2H3. The molecule has 2 unspecified atom stereocenters. The lowest BCUT2D eigenvalue weighted by Crippen LogP contribution is -2.28. The molecule has 8 heteroatoms. The lowest BCUT2D eigenvalue weighted by Gasteiger charge is -2.38. The minimum absolute atomic E-state index is 0.0205. The Balaban J connectivity index is 1.33. The number of ether oxygens (including phenoxy) is 4. The van der Waals surface area contributed by atoms with Crippen molar-refractivity contribution >= 4 is 5.69 Å². The Morgan fingerprint density at radius 2 is 1.62 bits per heavy atom. The third-order valence-electron chi connectivity index (χ3n) is 8.87. The van der Waals surface area contributed by atoms with Gasteiger partial charge in [0.05, 0.1) is 33.0 Å². The summed E-state index contributed by atoms with van der Waals surface area (Å²) in [6.07, 6.45) is 4.82. The first kappa shape index (κ1) is 24.3. The Hall–Kier alpha value is -3.78. The van der Waals surface area contributed by atoms with Crippen molar-refractivity contribution in [3.05, 3.63) is 52.1 Å². The van der Waals surface area contributed by atoms with Gasteiger partial charge < -0.3 is 39.6 Å². The van der Waals surface area contributed by atoms with Gasteiger partial charge in [0.15, 0.2) is 11.5 Å². The minimum atomic E-state index is -0.839.